The molecule has 1 aliphatic rings. The van der Waals surface area contributed by atoms with Crippen LogP contribution in [-0.4, -0.2) is 13.1 Å². The summed E-state index contributed by atoms with van der Waals surface area (Å²) in [5.41, 5.74) is 3.05. The fourth-order valence-corrected chi connectivity index (χ4v) is 2.39. The summed E-state index contributed by atoms with van der Waals surface area (Å²) in [4.78, 5) is 0. The first-order valence-electron chi connectivity index (χ1n) is 5.64. The molecule has 2 rings (SSSR count). The van der Waals surface area contributed by atoms with E-state index in [1.54, 1.807) is 0 Å². The van der Waals surface area contributed by atoms with E-state index in [0.29, 0.717) is 12.5 Å². The van der Waals surface area contributed by atoms with Crippen molar-refractivity contribution in [2.75, 3.05) is 13.1 Å². The zero-order chi connectivity index (χ0) is 10.5. The average molecular weight is 199 g/mol. The van der Waals surface area contributed by atoms with Crippen LogP contribution in [0.15, 0.2) is 24.3 Å². The Hall–Kier alpha value is -1.26. The van der Waals surface area contributed by atoms with Gasteiger partial charge in [0, 0.05) is 6.54 Å². The van der Waals surface area contributed by atoms with Crippen LogP contribution in [0.2, 0.25) is 0 Å². The Balaban J connectivity index is 2.06. The first kappa shape index (κ1) is 10.3. The quantitative estimate of drug-likeness (QED) is 0.582. The van der Waals surface area contributed by atoms with E-state index in [1.165, 1.54) is 30.4 Å². The third-order valence-electron chi connectivity index (χ3n) is 3.11. The summed E-state index contributed by atoms with van der Waals surface area (Å²) in [6.07, 6.45) is 9.06. The third kappa shape index (κ3) is 2.40. The van der Waals surface area contributed by atoms with Gasteiger partial charge in [0.25, 0.3) is 0 Å². The van der Waals surface area contributed by atoms with E-state index >= 15 is 0 Å². The number of hydrogen-bond donors (Lipinski definition) is 1. The van der Waals surface area contributed by atoms with Gasteiger partial charge in [-0.05, 0) is 36.3 Å². The Morgan fingerprint density at radius 2 is 2.27 bits per heavy atom. The summed E-state index contributed by atoms with van der Waals surface area (Å²) in [5, 5.41) is 3.31. The molecule has 1 aromatic rings. The topological polar surface area (TPSA) is 12.0 Å². The van der Waals surface area contributed by atoms with E-state index in [2.05, 4.69) is 35.5 Å². The Morgan fingerprint density at radius 1 is 1.40 bits per heavy atom. The van der Waals surface area contributed by atoms with E-state index in [1.807, 2.05) is 0 Å². The van der Waals surface area contributed by atoms with Crippen LogP contribution in [-0.2, 0) is 6.42 Å². The maximum Gasteiger partial charge on any atom is 0.0574 e. The summed E-state index contributed by atoms with van der Waals surface area (Å²) in [7, 11) is 0. The van der Waals surface area contributed by atoms with Gasteiger partial charge in [-0.2, -0.15) is 0 Å². The van der Waals surface area contributed by atoms with E-state index in [4.69, 9.17) is 6.42 Å². The molecule has 0 aromatic heterocycles. The first-order valence-corrected chi connectivity index (χ1v) is 5.64. The minimum Gasteiger partial charge on any atom is -0.306 e. The van der Waals surface area contributed by atoms with Gasteiger partial charge in [0.15, 0.2) is 0 Å². The van der Waals surface area contributed by atoms with Crippen LogP contribution in [0.1, 0.15) is 29.9 Å². The summed E-state index contributed by atoms with van der Waals surface area (Å²) >= 11 is 0. The summed E-state index contributed by atoms with van der Waals surface area (Å²) in [6, 6.07) is 8.79. The molecule has 0 saturated carbocycles. The van der Waals surface area contributed by atoms with E-state index in [-0.39, 0.29) is 0 Å². The molecule has 0 aliphatic heterocycles. The number of terminal acetylenes is 1. The molecule has 1 nitrogen and oxygen atoms in total. The predicted molar refractivity (Wildman–Crippen MR) is 63.8 cm³/mol. The molecule has 15 heavy (non-hydrogen) atoms. The first-order chi connectivity index (χ1) is 7.42. The van der Waals surface area contributed by atoms with Gasteiger partial charge in [-0.3, -0.25) is 0 Å². The standard InChI is InChI=1S/C14H17N/c1-2-10-15-11-13-8-5-7-12-6-3-4-9-14(12)13/h1,3-4,6,9,13,15H,5,7-8,10-11H2. The molecule has 1 aliphatic carbocycles. The maximum absolute atomic E-state index is 5.23. The highest BCUT2D eigenvalue weighted by atomic mass is 14.8. The lowest BCUT2D eigenvalue weighted by molar-refractivity contribution is 0.522. The molecule has 0 radical (unpaired) electrons. The predicted octanol–water partition coefficient (Wildman–Crippen LogP) is 2.33. The van der Waals surface area contributed by atoms with Crippen molar-refractivity contribution in [3.63, 3.8) is 0 Å². The SMILES string of the molecule is C#CCNCC1CCCc2ccccc21. The van der Waals surface area contributed by atoms with Crippen molar-refractivity contribution in [1.29, 1.82) is 0 Å². The maximum atomic E-state index is 5.23. The van der Waals surface area contributed by atoms with Crippen molar-refractivity contribution in [3.8, 4) is 12.3 Å². The van der Waals surface area contributed by atoms with Gasteiger partial charge in [-0.15, -0.1) is 6.42 Å². The van der Waals surface area contributed by atoms with Crippen LogP contribution in [0.3, 0.4) is 0 Å². The Kier molecular flexibility index (Phi) is 3.42. The molecular weight excluding hydrogens is 182 g/mol. The minimum absolute atomic E-state index is 0.656. The monoisotopic (exact) mass is 199 g/mol. The van der Waals surface area contributed by atoms with E-state index in [0.717, 1.165) is 6.54 Å². The molecule has 78 valence electrons. The lowest BCUT2D eigenvalue weighted by Crippen LogP contribution is -2.24. The normalized spacial score (nSPS) is 19.3. The molecule has 1 unspecified atom stereocenters. The van der Waals surface area contributed by atoms with E-state index < -0.39 is 0 Å². The number of rotatable bonds is 3. The second-order valence-corrected chi connectivity index (χ2v) is 4.12. The number of fused-ring (bicyclic) bond motifs is 1. The molecule has 0 spiro atoms. The molecule has 1 atom stereocenters. The Labute approximate surface area is 91.9 Å². The van der Waals surface area contributed by atoms with Crippen LogP contribution in [0.5, 0.6) is 0 Å². The lowest BCUT2D eigenvalue weighted by Gasteiger charge is -2.25. The second kappa shape index (κ2) is 5.00. The fourth-order valence-electron chi connectivity index (χ4n) is 2.39. The van der Waals surface area contributed by atoms with Crippen molar-refractivity contribution < 1.29 is 0 Å². The molecule has 0 fully saturated rings. The van der Waals surface area contributed by atoms with Gasteiger partial charge in [0.2, 0.25) is 0 Å². The summed E-state index contributed by atoms with van der Waals surface area (Å²) in [6.45, 7) is 1.69. The zero-order valence-electron chi connectivity index (χ0n) is 9.00. The van der Waals surface area contributed by atoms with Crippen molar-refractivity contribution in [2.45, 2.75) is 25.2 Å². The number of hydrogen-bond acceptors (Lipinski definition) is 1. The van der Waals surface area contributed by atoms with Crippen LogP contribution in [0.4, 0.5) is 0 Å². The number of benzene rings is 1. The van der Waals surface area contributed by atoms with Gasteiger partial charge in [-0.1, -0.05) is 30.2 Å². The zero-order valence-corrected chi connectivity index (χ0v) is 9.00. The second-order valence-electron chi connectivity index (χ2n) is 4.12. The fraction of sp³-hybridized carbons (Fsp3) is 0.429. The molecule has 1 aromatic carbocycles. The molecule has 1 N–H and O–H groups in total. The van der Waals surface area contributed by atoms with Gasteiger partial charge in [-0.25, -0.2) is 0 Å². The molecular formula is C14H17N. The Morgan fingerprint density at radius 3 is 3.13 bits per heavy atom. The number of nitrogens with one attached hydrogen (secondary N) is 1. The van der Waals surface area contributed by atoms with Gasteiger partial charge in [0.1, 0.15) is 0 Å². The van der Waals surface area contributed by atoms with Crippen molar-refractivity contribution in [1.82, 2.24) is 5.32 Å². The molecule has 0 saturated heterocycles. The smallest absolute Gasteiger partial charge is 0.0574 e. The molecule has 1 heteroatoms. The van der Waals surface area contributed by atoms with Gasteiger partial charge >= 0.3 is 0 Å². The van der Waals surface area contributed by atoms with Crippen molar-refractivity contribution in [3.05, 3.63) is 35.4 Å². The van der Waals surface area contributed by atoms with Crippen LogP contribution >= 0.6 is 0 Å². The largest absolute Gasteiger partial charge is 0.306 e. The van der Waals surface area contributed by atoms with Crippen LogP contribution in [0, 0.1) is 12.3 Å². The number of aryl methyl sites for hydroxylation is 1. The molecule has 0 bridgehead atoms. The van der Waals surface area contributed by atoms with Crippen LogP contribution in [0.25, 0.3) is 0 Å². The summed E-state index contributed by atoms with van der Waals surface area (Å²) < 4.78 is 0. The lowest BCUT2D eigenvalue weighted by atomic mass is 9.83. The van der Waals surface area contributed by atoms with Gasteiger partial charge < -0.3 is 5.32 Å². The summed E-state index contributed by atoms with van der Waals surface area (Å²) in [5.74, 6) is 3.28. The van der Waals surface area contributed by atoms with Crippen molar-refractivity contribution in [2.24, 2.45) is 0 Å². The minimum atomic E-state index is 0.656. The molecule has 0 heterocycles. The molecule has 0 amide bonds. The van der Waals surface area contributed by atoms with E-state index in [9.17, 15) is 0 Å². The van der Waals surface area contributed by atoms with Crippen LogP contribution < -0.4 is 5.32 Å². The van der Waals surface area contributed by atoms with Gasteiger partial charge in [0.05, 0.1) is 6.54 Å². The Bertz CT molecular complexity index is 362. The van der Waals surface area contributed by atoms with Crippen molar-refractivity contribution >= 4 is 0 Å². The highest BCUT2D eigenvalue weighted by Crippen LogP contribution is 2.30. The third-order valence-corrected chi connectivity index (χ3v) is 3.11. The highest BCUT2D eigenvalue weighted by molar-refractivity contribution is 5.32. The average Bonchev–Trinajstić information content (AvgIpc) is 2.30. The highest BCUT2D eigenvalue weighted by Gasteiger charge is 2.18.